The minimum absolute atomic E-state index is 0.153. The fourth-order valence-electron chi connectivity index (χ4n) is 1.28. The van der Waals surface area contributed by atoms with Gasteiger partial charge in [0, 0.05) is 15.7 Å². The van der Waals surface area contributed by atoms with Gasteiger partial charge in [-0.1, -0.05) is 23.2 Å². The standard InChI is InChI=1S/C11H8Cl2N4O/c12-6-1-7(13)3-8(2-6)17-11(18)9-4-16-10(14)5-15-9/h1-5H,(H2,14,16)(H,17,18). The second-order valence-electron chi connectivity index (χ2n) is 3.44. The molecular formula is C11H8Cl2N4O. The van der Waals surface area contributed by atoms with E-state index in [-0.39, 0.29) is 11.5 Å². The van der Waals surface area contributed by atoms with Crippen LogP contribution in [0.3, 0.4) is 0 Å². The number of hydrogen-bond acceptors (Lipinski definition) is 4. The average Bonchev–Trinajstić information content (AvgIpc) is 2.28. The van der Waals surface area contributed by atoms with Crippen LogP contribution in [0, 0.1) is 0 Å². The molecule has 7 heteroatoms. The first kappa shape index (κ1) is 12.6. The molecule has 1 aromatic carbocycles. The SMILES string of the molecule is Nc1cnc(C(=O)Nc2cc(Cl)cc(Cl)c2)cn1. The second kappa shape index (κ2) is 5.20. The highest BCUT2D eigenvalue weighted by atomic mass is 35.5. The van der Waals surface area contributed by atoms with E-state index < -0.39 is 5.91 Å². The third kappa shape index (κ3) is 3.09. The number of rotatable bonds is 2. The van der Waals surface area contributed by atoms with Gasteiger partial charge in [-0.25, -0.2) is 9.97 Å². The Kier molecular flexibility index (Phi) is 3.64. The van der Waals surface area contributed by atoms with Gasteiger partial charge in [0.05, 0.1) is 12.4 Å². The molecule has 18 heavy (non-hydrogen) atoms. The zero-order valence-corrected chi connectivity index (χ0v) is 10.5. The van der Waals surface area contributed by atoms with E-state index in [1.807, 2.05) is 0 Å². The van der Waals surface area contributed by atoms with Crippen molar-refractivity contribution in [2.45, 2.75) is 0 Å². The largest absolute Gasteiger partial charge is 0.382 e. The van der Waals surface area contributed by atoms with Gasteiger partial charge in [-0.05, 0) is 18.2 Å². The Morgan fingerprint density at radius 2 is 1.78 bits per heavy atom. The van der Waals surface area contributed by atoms with Crippen LogP contribution in [0.2, 0.25) is 10.0 Å². The molecule has 0 saturated carbocycles. The third-order valence-electron chi connectivity index (χ3n) is 2.02. The number of nitrogens with one attached hydrogen (secondary N) is 1. The van der Waals surface area contributed by atoms with Crippen molar-refractivity contribution in [2.75, 3.05) is 11.1 Å². The highest BCUT2D eigenvalue weighted by Gasteiger charge is 2.08. The molecule has 0 unspecified atom stereocenters. The summed E-state index contributed by atoms with van der Waals surface area (Å²) in [6, 6.07) is 4.73. The first-order valence-electron chi connectivity index (χ1n) is 4.89. The number of nitrogens with two attached hydrogens (primary N) is 1. The van der Waals surface area contributed by atoms with E-state index >= 15 is 0 Å². The van der Waals surface area contributed by atoms with Crippen molar-refractivity contribution in [1.82, 2.24) is 9.97 Å². The molecule has 0 fully saturated rings. The summed E-state index contributed by atoms with van der Waals surface area (Å²) in [6.07, 6.45) is 2.59. The number of amides is 1. The summed E-state index contributed by atoms with van der Waals surface area (Å²) < 4.78 is 0. The molecule has 92 valence electrons. The lowest BCUT2D eigenvalue weighted by atomic mass is 10.3. The maximum absolute atomic E-state index is 11.8. The third-order valence-corrected chi connectivity index (χ3v) is 2.46. The molecule has 1 aromatic heterocycles. The van der Waals surface area contributed by atoms with Gasteiger partial charge in [0.1, 0.15) is 11.5 Å². The first-order chi connectivity index (χ1) is 8.54. The van der Waals surface area contributed by atoms with E-state index in [4.69, 9.17) is 28.9 Å². The number of benzene rings is 1. The van der Waals surface area contributed by atoms with Crippen molar-refractivity contribution < 1.29 is 4.79 Å². The first-order valence-corrected chi connectivity index (χ1v) is 5.65. The van der Waals surface area contributed by atoms with Crippen molar-refractivity contribution in [3.05, 3.63) is 46.3 Å². The summed E-state index contributed by atoms with van der Waals surface area (Å²) in [7, 11) is 0. The molecule has 1 amide bonds. The Labute approximate surface area is 113 Å². The topological polar surface area (TPSA) is 80.9 Å². The predicted octanol–water partition coefficient (Wildman–Crippen LogP) is 2.62. The number of nitrogens with zero attached hydrogens (tertiary/aromatic N) is 2. The molecule has 0 atom stereocenters. The quantitative estimate of drug-likeness (QED) is 0.887. The van der Waals surface area contributed by atoms with Crippen LogP contribution in [-0.2, 0) is 0 Å². The molecule has 0 radical (unpaired) electrons. The maximum atomic E-state index is 11.8. The van der Waals surface area contributed by atoms with E-state index in [2.05, 4.69) is 15.3 Å². The average molecular weight is 283 g/mol. The summed E-state index contributed by atoms with van der Waals surface area (Å²) in [4.78, 5) is 19.4. The molecule has 3 N–H and O–H groups in total. The van der Waals surface area contributed by atoms with E-state index in [0.717, 1.165) is 0 Å². The number of nitrogen functional groups attached to an aromatic ring is 1. The van der Waals surface area contributed by atoms with Gasteiger partial charge in [0.15, 0.2) is 0 Å². The summed E-state index contributed by atoms with van der Waals surface area (Å²) in [6.45, 7) is 0. The van der Waals surface area contributed by atoms with Gasteiger partial charge in [0.25, 0.3) is 5.91 Å². The lowest BCUT2D eigenvalue weighted by Crippen LogP contribution is -2.14. The molecule has 0 saturated heterocycles. The molecule has 2 rings (SSSR count). The van der Waals surface area contributed by atoms with E-state index in [9.17, 15) is 4.79 Å². The molecule has 0 aliphatic heterocycles. The monoisotopic (exact) mass is 282 g/mol. The van der Waals surface area contributed by atoms with Crippen LogP contribution in [-0.4, -0.2) is 15.9 Å². The summed E-state index contributed by atoms with van der Waals surface area (Å²) in [5.74, 6) is -0.168. The molecular weight excluding hydrogens is 275 g/mol. The molecule has 0 aliphatic carbocycles. The van der Waals surface area contributed by atoms with Gasteiger partial charge in [-0.15, -0.1) is 0 Å². The molecule has 0 spiro atoms. The van der Waals surface area contributed by atoms with Crippen LogP contribution in [0.25, 0.3) is 0 Å². The summed E-state index contributed by atoms with van der Waals surface area (Å²) >= 11 is 11.6. The summed E-state index contributed by atoms with van der Waals surface area (Å²) in [5, 5.41) is 3.47. The molecule has 0 aliphatic rings. The van der Waals surface area contributed by atoms with Gasteiger partial charge in [0.2, 0.25) is 0 Å². The van der Waals surface area contributed by atoms with Gasteiger partial charge < -0.3 is 11.1 Å². The van der Waals surface area contributed by atoms with Crippen LogP contribution in [0.5, 0.6) is 0 Å². The van der Waals surface area contributed by atoms with Crippen molar-refractivity contribution in [3.8, 4) is 0 Å². The fourth-order valence-corrected chi connectivity index (χ4v) is 1.80. The normalized spacial score (nSPS) is 10.1. The van der Waals surface area contributed by atoms with Gasteiger partial charge >= 0.3 is 0 Å². The summed E-state index contributed by atoms with van der Waals surface area (Å²) in [5.41, 5.74) is 6.01. The molecule has 2 aromatic rings. The van der Waals surface area contributed by atoms with E-state index in [0.29, 0.717) is 15.7 Å². The Bertz CT molecular complexity index is 566. The number of carbonyl (C=O) groups is 1. The highest BCUT2D eigenvalue weighted by molar-refractivity contribution is 6.35. The second-order valence-corrected chi connectivity index (χ2v) is 4.31. The van der Waals surface area contributed by atoms with Crippen LogP contribution in [0.15, 0.2) is 30.6 Å². The van der Waals surface area contributed by atoms with Crippen molar-refractivity contribution in [2.24, 2.45) is 0 Å². The lowest BCUT2D eigenvalue weighted by Gasteiger charge is -2.05. The molecule has 5 nitrogen and oxygen atoms in total. The predicted molar refractivity (Wildman–Crippen MR) is 70.9 cm³/mol. The zero-order chi connectivity index (χ0) is 13.1. The smallest absolute Gasteiger partial charge is 0.275 e. The molecule has 0 bridgehead atoms. The number of hydrogen-bond donors (Lipinski definition) is 2. The fraction of sp³-hybridized carbons (Fsp3) is 0. The highest BCUT2D eigenvalue weighted by Crippen LogP contribution is 2.22. The Hall–Kier alpha value is -1.85. The Balaban J connectivity index is 2.18. The Morgan fingerprint density at radius 3 is 2.33 bits per heavy atom. The van der Waals surface area contributed by atoms with Crippen LogP contribution >= 0.6 is 23.2 Å². The van der Waals surface area contributed by atoms with E-state index in [1.54, 1.807) is 18.2 Å². The van der Waals surface area contributed by atoms with Crippen LogP contribution in [0.4, 0.5) is 11.5 Å². The molecule has 1 heterocycles. The maximum Gasteiger partial charge on any atom is 0.275 e. The van der Waals surface area contributed by atoms with Crippen molar-refractivity contribution >= 4 is 40.6 Å². The number of aromatic nitrogens is 2. The van der Waals surface area contributed by atoms with Crippen LogP contribution < -0.4 is 11.1 Å². The van der Waals surface area contributed by atoms with Crippen molar-refractivity contribution in [3.63, 3.8) is 0 Å². The number of halogens is 2. The minimum Gasteiger partial charge on any atom is -0.382 e. The number of anilines is 2. The van der Waals surface area contributed by atoms with Crippen molar-refractivity contribution in [1.29, 1.82) is 0 Å². The Morgan fingerprint density at radius 1 is 1.11 bits per heavy atom. The van der Waals surface area contributed by atoms with Gasteiger partial charge in [-0.2, -0.15) is 0 Å². The van der Waals surface area contributed by atoms with E-state index in [1.165, 1.54) is 12.4 Å². The lowest BCUT2D eigenvalue weighted by molar-refractivity contribution is 0.102. The number of carbonyl (C=O) groups excluding carboxylic acids is 1. The minimum atomic E-state index is -0.416. The van der Waals surface area contributed by atoms with Gasteiger partial charge in [-0.3, -0.25) is 4.79 Å². The van der Waals surface area contributed by atoms with Crippen LogP contribution in [0.1, 0.15) is 10.5 Å². The zero-order valence-electron chi connectivity index (χ0n) is 9.02.